The van der Waals surface area contributed by atoms with Crippen molar-refractivity contribution in [1.29, 1.82) is 0 Å². The first kappa shape index (κ1) is 13.8. The zero-order chi connectivity index (χ0) is 14.7. The molecule has 0 N–H and O–H groups in total. The second kappa shape index (κ2) is 6.10. The molecule has 0 aliphatic carbocycles. The Morgan fingerprint density at radius 3 is 2.57 bits per heavy atom. The number of halogens is 1. The van der Waals surface area contributed by atoms with Crippen molar-refractivity contribution in [3.63, 3.8) is 0 Å². The Morgan fingerprint density at radius 2 is 1.71 bits per heavy atom. The molecule has 0 saturated carbocycles. The quantitative estimate of drug-likeness (QED) is 0.500. The van der Waals surface area contributed by atoms with Gasteiger partial charge in [0.1, 0.15) is 5.82 Å². The lowest BCUT2D eigenvalue weighted by molar-refractivity contribution is 0.102. The molecule has 1 nitrogen and oxygen atoms in total. The van der Waals surface area contributed by atoms with Gasteiger partial charge in [-0.1, -0.05) is 48.5 Å². The van der Waals surface area contributed by atoms with Gasteiger partial charge in [0.05, 0.1) is 5.75 Å². The molecule has 0 radical (unpaired) electrons. The summed E-state index contributed by atoms with van der Waals surface area (Å²) in [6, 6.07) is 19.9. The molecule has 3 aromatic carbocycles. The van der Waals surface area contributed by atoms with Crippen molar-refractivity contribution < 1.29 is 9.18 Å². The first-order chi connectivity index (χ1) is 10.2. The molecule has 0 amide bonds. The smallest absolute Gasteiger partial charge is 0.173 e. The van der Waals surface area contributed by atoms with Gasteiger partial charge in [0.2, 0.25) is 0 Å². The number of carbonyl (C=O) groups excluding carboxylic acids is 1. The van der Waals surface area contributed by atoms with E-state index in [0.717, 1.165) is 21.2 Å². The SMILES string of the molecule is O=C(CSc1cccc(F)c1)c1cccc2ccccc12. The monoisotopic (exact) mass is 296 g/mol. The van der Waals surface area contributed by atoms with Crippen LogP contribution in [-0.2, 0) is 0 Å². The third kappa shape index (κ3) is 3.14. The molecule has 0 unspecified atom stereocenters. The van der Waals surface area contributed by atoms with Gasteiger partial charge in [0, 0.05) is 10.5 Å². The summed E-state index contributed by atoms with van der Waals surface area (Å²) in [6.45, 7) is 0. The number of benzene rings is 3. The molecule has 0 heterocycles. The number of thioether (sulfide) groups is 1. The highest BCUT2D eigenvalue weighted by atomic mass is 32.2. The topological polar surface area (TPSA) is 17.1 Å². The van der Waals surface area contributed by atoms with Crippen molar-refractivity contribution in [2.45, 2.75) is 4.90 Å². The summed E-state index contributed by atoms with van der Waals surface area (Å²) in [5.41, 5.74) is 0.719. The van der Waals surface area contributed by atoms with Gasteiger partial charge in [0.15, 0.2) is 5.78 Å². The van der Waals surface area contributed by atoms with Gasteiger partial charge >= 0.3 is 0 Å². The second-order valence-corrected chi connectivity index (χ2v) is 5.74. The fourth-order valence-electron chi connectivity index (χ4n) is 2.25. The Bertz CT molecular complexity index is 793. The van der Waals surface area contributed by atoms with Gasteiger partial charge in [-0.2, -0.15) is 0 Å². The van der Waals surface area contributed by atoms with E-state index in [4.69, 9.17) is 0 Å². The highest BCUT2D eigenvalue weighted by Gasteiger charge is 2.10. The van der Waals surface area contributed by atoms with Gasteiger partial charge in [-0.05, 0) is 29.0 Å². The van der Waals surface area contributed by atoms with Crippen LogP contribution in [0.2, 0.25) is 0 Å². The molecule has 0 aromatic heterocycles. The molecule has 0 aliphatic rings. The molecule has 3 aromatic rings. The zero-order valence-corrected chi connectivity index (χ0v) is 12.1. The second-order valence-electron chi connectivity index (χ2n) is 4.70. The average Bonchev–Trinajstić information content (AvgIpc) is 2.52. The molecule has 0 fully saturated rings. The van der Waals surface area contributed by atoms with Crippen molar-refractivity contribution >= 4 is 28.3 Å². The fourth-order valence-corrected chi connectivity index (χ4v) is 3.08. The Hall–Kier alpha value is -2.13. The molecule has 0 atom stereocenters. The number of ketones is 1. The Kier molecular flexibility index (Phi) is 4.02. The first-order valence-corrected chi connectivity index (χ1v) is 7.62. The molecular weight excluding hydrogens is 283 g/mol. The van der Waals surface area contributed by atoms with Crippen LogP contribution in [0.5, 0.6) is 0 Å². The van der Waals surface area contributed by atoms with Gasteiger partial charge in [-0.25, -0.2) is 4.39 Å². The minimum Gasteiger partial charge on any atom is -0.293 e. The zero-order valence-electron chi connectivity index (χ0n) is 11.3. The van der Waals surface area contributed by atoms with E-state index in [1.165, 1.54) is 23.9 Å². The third-order valence-electron chi connectivity index (χ3n) is 3.26. The maximum atomic E-state index is 13.1. The standard InChI is InChI=1S/C18H13FOS/c19-14-7-4-8-15(11-14)21-12-18(20)17-10-3-6-13-5-1-2-9-16(13)17/h1-11H,12H2. The lowest BCUT2D eigenvalue weighted by Gasteiger charge is -2.06. The van der Waals surface area contributed by atoms with E-state index >= 15 is 0 Å². The van der Waals surface area contributed by atoms with Gasteiger partial charge in [0.25, 0.3) is 0 Å². The van der Waals surface area contributed by atoms with Gasteiger partial charge in [-0.15, -0.1) is 11.8 Å². The molecule has 3 heteroatoms. The molecule has 0 saturated heterocycles. The van der Waals surface area contributed by atoms with E-state index in [9.17, 15) is 9.18 Å². The molecule has 0 spiro atoms. The average molecular weight is 296 g/mol. The van der Waals surface area contributed by atoms with E-state index < -0.39 is 0 Å². The fraction of sp³-hybridized carbons (Fsp3) is 0.0556. The minimum absolute atomic E-state index is 0.0565. The maximum Gasteiger partial charge on any atom is 0.173 e. The van der Waals surface area contributed by atoms with Crippen LogP contribution in [0.25, 0.3) is 10.8 Å². The van der Waals surface area contributed by atoms with Crippen LogP contribution in [0.4, 0.5) is 4.39 Å². The summed E-state index contributed by atoms with van der Waals surface area (Å²) in [5, 5.41) is 2.02. The van der Waals surface area contributed by atoms with Gasteiger partial charge in [-0.3, -0.25) is 4.79 Å². The molecule has 21 heavy (non-hydrogen) atoms. The summed E-state index contributed by atoms with van der Waals surface area (Å²) >= 11 is 1.36. The van der Waals surface area contributed by atoms with E-state index in [-0.39, 0.29) is 11.6 Å². The van der Waals surface area contributed by atoms with Crippen molar-refractivity contribution in [2.75, 3.05) is 5.75 Å². The normalized spacial score (nSPS) is 10.7. The van der Waals surface area contributed by atoms with E-state index in [1.807, 2.05) is 48.5 Å². The van der Waals surface area contributed by atoms with Crippen LogP contribution in [0.3, 0.4) is 0 Å². The van der Waals surface area contributed by atoms with Crippen LogP contribution in [0, 0.1) is 5.82 Å². The summed E-state index contributed by atoms with van der Waals surface area (Å²) in [6.07, 6.45) is 0. The number of rotatable bonds is 4. The Labute approximate surface area is 126 Å². The molecule has 3 rings (SSSR count). The summed E-state index contributed by atoms with van der Waals surface area (Å²) in [4.78, 5) is 13.2. The van der Waals surface area contributed by atoms with Crippen LogP contribution >= 0.6 is 11.8 Å². The molecule has 104 valence electrons. The number of fused-ring (bicyclic) bond motifs is 1. The predicted octanol–water partition coefficient (Wildman–Crippen LogP) is 4.95. The van der Waals surface area contributed by atoms with Crippen LogP contribution < -0.4 is 0 Å². The van der Waals surface area contributed by atoms with Crippen molar-refractivity contribution in [2.24, 2.45) is 0 Å². The number of hydrogen-bond donors (Lipinski definition) is 0. The Morgan fingerprint density at radius 1 is 0.952 bits per heavy atom. The first-order valence-electron chi connectivity index (χ1n) is 6.63. The van der Waals surface area contributed by atoms with E-state index in [2.05, 4.69) is 0 Å². The van der Waals surface area contributed by atoms with E-state index in [0.29, 0.717) is 5.75 Å². The number of carbonyl (C=O) groups is 1. The van der Waals surface area contributed by atoms with Gasteiger partial charge < -0.3 is 0 Å². The molecule has 0 aliphatic heterocycles. The highest BCUT2D eigenvalue weighted by molar-refractivity contribution is 8.00. The number of hydrogen-bond acceptors (Lipinski definition) is 2. The Balaban J connectivity index is 1.81. The highest BCUT2D eigenvalue weighted by Crippen LogP contribution is 2.23. The predicted molar refractivity (Wildman–Crippen MR) is 85.4 cm³/mol. The maximum absolute atomic E-state index is 13.1. The summed E-state index contributed by atoms with van der Waals surface area (Å²) in [5.74, 6) is 0.0796. The van der Waals surface area contributed by atoms with Crippen molar-refractivity contribution in [3.05, 3.63) is 78.1 Å². The van der Waals surface area contributed by atoms with Crippen LogP contribution in [0.15, 0.2) is 71.6 Å². The molecule has 0 bridgehead atoms. The minimum atomic E-state index is -0.280. The van der Waals surface area contributed by atoms with Crippen LogP contribution in [0.1, 0.15) is 10.4 Å². The van der Waals surface area contributed by atoms with Crippen LogP contribution in [-0.4, -0.2) is 11.5 Å². The number of Topliss-reactive ketones (excluding diaryl/α,β-unsaturated/α-hetero) is 1. The summed E-state index contributed by atoms with van der Waals surface area (Å²) < 4.78 is 13.1. The summed E-state index contributed by atoms with van der Waals surface area (Å²) in [7, 11) is 0. The lowest BCUT2D eigenvalue weighted by Crippen LogP contribution is -2.03. The lowest BCUT2D eigenvalue weighted by atomic mass is 10.0. The third-order valence-corrected chi connectivity index (χ3v) is 4.25. The van der Waals surface area contributed by atoms with E-state index in [1.54, 1.807) is 6.07 Å². The van der Waals surface area contributed by atoms with Crippen molar-refractivity contribution in [3.8, 4) is 0 Å². The largest absolute Gasteiger partial charge is 0.293 e. The molecular formula is C18H13FOS. The van der Waals surface area contributed by atoms with Crippen molar-refractivity contribution in [1.82, 2.24) is 0 Å².